The fourth-order valence-electron chi connectivity index (χ4n) is 3.69. The molecule has 3 N–H and O–H groups in total. The lowest BCUT2D eigenvalue weighted by Gasteiger charge is -2.14. The van der Waals surface area contributed by atoms with Crippen LogP contribution in [-0.4, -0.2) is 40.3 Å². The lowest BCUT2D eigenvalue weighted by Crippen LogP contribution is -2.17. The van der Waals surface area contributed by atoms with Gasteiger partial charge in [0.2, 0.25) is 19.9 Å². The summed E-state index contributed by atoms with van der Waals surface area (Å²) in [7, 11) is -8.43. The Morgan fingerprint density at radius 1 is 0.829 bits per heavy atom. The van der Waals surface area contributed by atoms with Gasteiger partial charge in [0.05, 0.1) is 27.3 Å². The van der Waals surface area contributed by atoms with Crippen molar-refractivity contribution in [2.45, 2.75) is 22.3 Å². The number of sulfonamides is 1. The number of alkyl halides is 6. The van der Waals surface area contributed by atoms with Gasteiger partial charge in [0.1, 0.15) is 11.4 Å². The molecule has 0 saturated heterocycles. The second-order valence-corrected chi connectivity index (χ2v) is 12.3. The number of rotatable bonds is 7. The molecule has 1 aromatic heterocycles. The Hall–Kier alpha value is -4.25. The number of hydrogen-bond donors (Lipinski definition) is 3. The SMILES string of the molecule is CS(=O)(=O)Nc1ccc2cc(C(=O)Nc3cc(C(F)(F)F)cc(S(=O)(=O)c4cccc(OC(F)(F)F)c4)c3)[nH]c2c1. The second kappa shape index (κ2) is 10.3. The molecule has 0 atom stereocenters. The number of fused-ring (bicyclic) bond motifs is 1. The number of nitrogens with one attached hydrogen (secondary N) is 3. The molecule has 4 rings (SSSR count). The molecule has 3 aromatic carbocycles. The minimum absolute atomic E-state index is 0.157. The molecule has 0 bridgehead atoms. The van der Waals surface area contributed by atoms with Crippen LogP contribution in [0, 0.1) is 0 Å². The zero-order chi connectivity index (χ0) is 30.4. The molecular weight excluding hydrogens is 604 g/mol. The number of hydrogen-bond acceptors (Lipinski definition) is 6. The van der Waals surface area contributed by atoms with Crippen molar-refractivity contribution in [1.82, 2.24) is 4.98 Å². The van der Waals surface area contributed by atoms with Crippen molar-refractivity contribution in [1.29, 1.82) is 0 Å². The first kappa shape index (κ1) is 29.7. The number of aromatic amines is 1. The maximum Gasteiger partial charge on any atom is 0.573 e. The molecule has 0 aliphatic heterocycles. The minimum atomic E-state index is -5.15. The van der Waals surface area contributed by atoms with E-state index in [0.717, 1.165) is 30.5 Å². The molecule has 0 spiro atoms. The Morgan fingerprint density at radius 2 is 1.54 bits per heavy atom. The van der Waals surface area contributed by atoms with Crippen molar-refractivity contribution in [2.75, 3.05) is 16.3 Å². The quantitative estimate of drug-likeness (QED) is 0.232. The maximum atomic E-state index is 13.6. The third-order valence-corrected chi connectivity index (χ3v) is 7.66. The summed E-state index contributed by atoms with van der Waals surface area (Å²) in [6, 6.07) is 10.2. The van der Waals surface area contributed by atoms with E-state index in [4.69, 9.17) is 0 Å². The van der Waals surface area contributed by atoms with Crippen molar-refractivity contribution in [3.8, 4) is 5.75 Å². The van der Waals surface area contributed by atoms with E-state index in [2.05, 4.69) is 19.8 Å². The smallest absolute Gasteiger partial charge is 0.406 e. The van der Waals surface area contributed by atoms with E-state index in [9.17, 15) is 48.0 Å². The first-order valence-electron chi connectivity index (χ1n) is 11.1. The van der Waals surface area contributed by atoms with Crippen molar-refractivity contribution >= 4 is 48.0 Å². The Kier molecular flexibility index (Phi) is 7.47. The van der Waals surface area contributed by atoms with Crippen molar-refractivity contribution in [3.05, 3.63) is 78.0 Å². The van der Waals surface area contributed by atoms with Gasteiger partial charge < -0.3 is 15.0 Å². The lowest BCUT2D eigenvalue weighted by atomic mass is 10.2. The molecule has 0 aliphatic rings. The van der Waals surface area contributed by atoms with Crippen molar-refractivity contribution < 1.29 is 52.7 Å². The molecule has 218 valence electrons. The predicted molar refractivity (Wildman–Crippen MR) is 135 cm³/mol. The Bertz CT molecular complexity index is 1870. The summed E-state index contributed by atoms with van der Waals surface area (Å²) in [6.45, 7) is 0. The number of halogens is 6. The van der Waals surface area contributed by atoms with Crippen LogP contribution in [0.3, 0.4) is 0 Å². The highest BCUT2D eigenvalue weighted by atomic mass is 32.2. The molecule has 4 aromatic rings. The van der Waals surface area contributed by atoms with Crippen LogP contribution in [0.4, 0.5) is 37.7 Å². The van der Waals surface area contributed by atoms with E-state index in [1.54, 1.807) is 0 Å². The van der Waals surface area contributed by atoms with Crippen LogP contribution in [-0.2, 0) is 26.0 Å². The van der Waals surface area contributed by atoms with Gasteiger partial charge in [-0.1, -0.05) is 12.1 Å². The van der Waals surface area contributed by atoms with E-state index in [1.807, 2.05) is 0 Å². The molecule has 0 fully saturated rings. The summed E-state index contributed by atoms with van der Waals surface area (Å²) in [4.78, 5) is 13.8. The summed E-state index contributed by atoms with van der Waals surface area (Å²) in [5, 5.41) is 2.62. The molecule has 9 nitrogen and oxygen atoms in total. The Balaban J connectivity index is 1.69. The van der Waals surface area contributed by atoms with E-state index in [1.165, 1.54) is 24.3 Å². The largest absolute Gasteiger partial charge is 0.573 e. The molecule has 0 aliphatic carbocycles. The third-order valence-electron chi connectivity index (χ3n) is 5.32. The molecule has 0 radical (unpaired) electrons. The van der Waals surface area contributed by atoms with E-state index >= 15 is 0 Å². The van der Waals surface area contributed by atoms with Crippen molar-refractivity contribution in [2.24, 2.45) is 0 Å². The van der Waals surface area contributed by atoms with Crippen molar-refractivity contribution in [3.63, 3.8) is 0 Å². The summed E-state index contributed by atoms with van der Waals surface area (Å²) < 4.78 is 134. The lowest BCUT2D eigenvalue weighted by molar-refractivity contribution is -0.274. The maximum absolute atomic E-state index is 13.6. The van der Waals surface area contributed by atoms with E-state index in [-0.39, 0.29) is 17.4 Å². The third kappa shape index (κ3) is 7.29. The highest BCUT2D eigenvalue weighted by Crippen LogP contribution is 2.36. The van der Waals surface area contributed by atoms with Crippen LogP contribution in [0.1, 0.15) is 16.1 Å². The zero-order valence-corrected chi connectivity index (χ0v) is 22.0. The number of carbonyl (C=O) groups excluding carboxylic acids is 1. The standard InChI is InChI=1S/C24H17F6N3O6S2/c1-40(35,36)33-15-6-5-13-7-21(32-20(13)11-15)22(34)31-16-8-14(23(25,26)27)9-19(10-16)41(37,38)18-4-2-3-17(12-18)39-24(28,29)30/h2-12,32-33H,1H3,(H,31,34). The predicted octanol–water partition coefficient (Wildman–Crippen LogP) is 5.54. The molecule has 0 unspecified atom stereocenters. The van der Waals surface area contributed by atoms with Gasteiger partial charge in [0, 0.05) is 16.6 Å². The fourth-order valence-corrected chi connectivity index (χ4v) is 5.61. The summed E-state index contributed by atoms with van der Waals surface area (Å²) in [5.41, 5.74) is -1.72. The number of aromatic nitrogens is 1. The van der Waals surface area contributed by atoms with Crippen LogP contribution >= 0.6 is 0 Å². The van der Waals surface area contributed by atoms with Gasteiger partial charge in [-0.05, 0) is 54.6 Å². The number of benzene rings is 3. The summed E-state index contributed by atoms with van der Waals surface area (Å²) in [6.07, 6.45) is -9.28. The van der Waals surface area contributed by atoms with Crippen LogP contribution in [0.15, 0.2) is 76.5 Å². The van der Waals surface area contributed by atoms with Gasteiger partial charge in [-0.25, -0.2) is 16.8 Å². The fraction of sp³-hybridized carbons (Fsp3) is 0.125. The average molecular weight is 622 g/mol. The first-order chi connectivity index (χ1) is 18.8. The molecule has 41 heavy (non-hydrogen) atoms. The number of H-pyrrole nitrogens is 1. The van der Waals surface area contributed by atoms with Crippen LogP contribution < -0.4 is 14.8 Å². The number of carbonyl (C=O) groups is 1. The molecule has 0 saturated carbocycles. The summed E-state index contributed by atoms with van der Waals surface area (Å²) >= 11 is 0. The van der Waals surface area contributed by atoms with Crippen LogP contribution in [0.25, 0.3) is 10.9 Å². The highest BCUT2D eigenvalue weighted by molar-refractivity contribution is 7.92. The van der Waals surface area contributed by atoms with Crippen LogP contribution in [0.5, 0.6) is 5.75 Å². The highest BCUT2D eigenvalue weighted by Gasteiger charge is 2.34. The van der Waals surface area contributed by atoms with Gasteiger partial charge in [0.15, 0.2) is 0 Å². The number of amides is 1. The van der Waals surface area contributed by atoms with Gasteiger partial charge in [-0.15, -0.1) is 13.2 Å². The van der Waals surface area contributed by atoms with E-state index < -0.39 is 65.1 Å². The minimum Gasteiger partial charge on any atom is -0.406 e. The monoisotopic (exact) mass is 621 g/mol. The molecule has 17 heteroatoms. The van der Waals surface area contributed by atoms with Gasteiger partial charge >= 0.3 is 12.5 Å². The van der Waals surface area contributed by atoms with E-state index in [0.29, 0.717) is 23.0 Å². The number of sulfone groups is 1. The summed E-state index contributed by atoms with van der Waals surface area (Å²) in [5.74, 6) is -1.88. The molecule has 1 amide bonds. The molecule has 1 heterocycles. The number of ether oxygens (including phenoxy) is 1. The Labute approximate surface area is 228 Å². The second-order valence-electron chi connectivity index (χ2n) is 8.58. The normalized spacial score (nSPS) is 12.8. The molecular formula is C24H17F6N3O6S2. The van der Waals surface area contributed by atoms with Gasteiger partial charge in [-0.2, -0.15) is 13.2 Å². The zero-order valence-electron chi connectivity index (χ0n) is 20.4. The first-order valence-corrected chi connectivity index (χ1v) is 14.4. The van der Waals surface area contributed by atoms with Gasteiger partial charge in [0.25, 0.3) is 5.91 Å². The van der Waals surface area contributed by atoms with Crippen LogP contribution in [0.2, 0.25) is 0 Å². The Morgan fingerprint density at radius 3 is 2.17 bits per heavy atom. The van der Waals surface area contributed by atoms with Gasteiger partial charge in [-0.3, -0.25) is 9.52 Å². The average Bonchev–Trinajstić information content (AvgIpc) is 3.25. The topological polar surface area (TPSA) is 134 Å². The number of anilines is 2.